The van der Waals surface area contributed by atoms with Crippen LogP contribution < -0.4 is 10.3 Å². The van der Waals surface area contributed by atoms with Gasteiger partial charge in [-0.2, -0.15) is 14.8 Å². The van der Waals surface area contributed by atoms with Crippen molar-refractivity contribution in [3.8, 4) is 11.8 Å². The van der Waals surface area contributed by atoms with E-state index in [1.807, 2.05) is 44.2 Å². The highest BCUT2D eigenvalue weighted by Gasteiger charge is 2.18. The molecule has 8 nitrogen and oxygen atoms in total. The molecule has 0 bridgehead atoms. The maximum absolute atomic E-state index is 12.9. The van der Waals surface area contributed by atoms with Gasteiger partial charge >= 0.3 is 5.56 Å². The number of nitrogens with one attached hydrogen (secondary N) is 1. The largest absolute Gasteiger partial charge is 0.478 e. The van der Waals surface area contributed by atoms with Crippen LogP contribution in [-0.4, -0.2) is 26.4 Å². The number of nitrogens with zero attached hydrogens (tertiary/aromatic N) is 5. The molecule has 0 aliphatic carbocycles. The summed E-state index contributed by atoms with van der Waals surface area (Å²) in [7, 11) is 0. The lowest BCUT2D eigenvalue weighted by atomic mass is 10.1. The van der Waals surface area contributed by atoms with Crippen molar-refractivity contribution in [1.82, 2.24) is 19.7 Å². The van der Waals surface area contributed by atoms with Gasteiger partial charge in [0.05, 0.1) is 18.0 Å². The average molecular weight is 380 g/mol. The third kappa shape index (κ3) is 4.00. The number of hydrogen-bond donors (Lipinski definition) is 1. The molecule has 146 valence electrons. The molecule has 3 rings (SSSR count). The lowest BCUT2D eigenvalue weighted by Crippen LogP contribution is -2.19. The van der Waals surface area contributed by atoms with Gasteiger partial charge in [-0.05, 0) is 39.3 Å². The van der Waals surface area contributed by atoms with E-state index in [1.54, 1.807) is 6.92 Å². The Bertz CT molecular complexity index is 1040. The van der Waals surface area contributed by atoms with E-state index in [1.165, 1.54) is 4.68 Å². The van der Waals surface area contributed by atoms with Crippen molar-refractivity contribution >= 4 is 11.4 Å². The van der Waals surface area contributed by atoms with Crippen LogP contribution >= 0.6 is 0 Å². The number of aromatic amines is 1. The summed E-state index contributed by atoms with van der Waals surface area (Å²) in [6.45, 7) is 8.14. The predicted molar refractivity (Wildman–Crippen MR) is 107 cm³/mol. The monoisotopic (exact) mass is 380 g/mol. The molecule has 0 saturated carbocycles. The van der Waals surface area contributed by atoms with Crippen LogP contribution in [0.15, 0.2) is 45.4 Å². The Morgan fingerprint density at radius 3 is 2.54 bits per heavy atom. The zero-order valence-corrected chi connectivity index (χ0v) is 16.6. The Morgan fingerprint density at radius 2 is 1.86 bits per heavy atom. The van der Waals surface area contributed by atoms with Crippen molar-refractivity contribution in [2.45, 2.75) is 40.5 Å². The molecule has 0 amide bonds. The minimum atomic E-state index is -0.359. The van der Waals surface area contributed by atoms with E-state index in [9.17, 15) is 4.79 Å². The van der Waals surface area contributed by atoms with Crippen molar-refractivity contribution in [1.29, 1.82) is 0 Å². The third-order valence-corrected chi connectivity index (χ3v) is 4.21. The summed E-state index contributed by atoms with van der Waals surface area (Å²) in [4.78, 5) is 21.8. The van der Waals surface area contributed by atoms with E-state index in [0.717, 1.165) is 24.1 Å². The maximum atomic E-state index is 12.9. The summed E-state index contributed by atoms with van der Waals surface area (Å²) in [5.74, 6) is 0.744. The lowest BCUT2D eigenvalue weighted by molar-refractivity contribution is 0.320. The molecule has 2 aromatic heterocycles. The first-order valence-corrected chi connectivity index (χ1v) is 9.34. The second-order valence-corrected chi connectivity index (χ2v) is 6.34. The summed E-state index contributed by atoms with van der Waals surface area (Å²) in [5, 5.41) is 11.2. The van der Waals surface area contributed by atoms with Crippen molar-refractivity contribution in [2.75, 3.05) is 6.61 Å². The molecule has 0 fully saturated rings. The molecule has 0 saturated heterocycles. The van der Waals surface area contributed by atoms with Crippen LogP contribution in [0.4, 0.5) is 11.4 Å². The third-order valence-electron chi connectivity index (χ3n) is 4.21. The van der Waals surface area contributed by atoms with Crippen LogP contribution in [0.1, 0.15) is 37.2 Å². The number of azo groups is 1. The molecule has 0 spiro atoms. The van der Waals surface area contributed by atoms with Gasteiger partial charge in [-0.15, -0.1) is 5.11 Å². The Morgan fingerprint density at radius 1 is 1.11 bits per heavy atom. The van der Waals surface area contributed by atoms with Crippen LogP contribution in [-0.2, 0) is 6.42 Å². The number of rotatable bonds is 7. The van der Waals surface area contributed by atoms with E-state index in [4.69, 9.17) is 4.74 Å². The summed E-state index contributed by atoms with van der Waals surface area (Å²) in [6, 6.07) is 9.25. The first-order valence-electron chi connectivity index (χ1n) is 9.34. The van der Waals surface area contributed by atoms with Gasteiger partial charge in [0.1, 0.15) is 0 Å². The second kappa shape index (κ2) is 8.60. The molecular formula is C20H24N6O2. The minimum Gasteiger partial charge on any atom is -0.478 e. The fraction of sp³-hybridized carbons (Fsp3) is 0.350. The van der Waals surface area contributed by atoms with Gasteiger partial charge in [-0.1, -0.05) is 31.5 Å². The quantitative estimate of drug-likeness (QED) is 0.617. The second-order valence-electron chi connectivity index (χ2n) is 6.34. The smallest absolute Gasteiger partial charge is 0.301 e. The number of ether oxygens (including phenoxy) is 1. The Balaban J connectivity index is 2.03. The first-order chi connectivity index (χ1) is 13.5. The van der Waals surface area contributed by atoms with Gasteiger partial charge in [0, 0.05) is 11.3 Å². The highest BCUT2D eigenvalue weighted by atomic mass is 16.5. The maximum Gasteiger partial charge on any atom is 0.301 e. The predicted octanol–water partition coefficient (Wildman–Crippen LogP) is 4.34. The van der Waals surface area contributed by atoms with Gasteiger partial charge < -0.3 is 4.74 Å². The van der Waals surface area contributed by atoms with E-state index in [-0.39, 0.29) is 17.2 Å². The van der Waals surface area contributed by atoms with Crippen LogP contribution in [0.2, 0.25) is 0 Å². The van der Waals surface area contributed by atoms with E-state index >= 15 is 0 Å². The summed E-state index contributed by atoms with van der Waals surface area (Å²) < 4.78 is 6.97. The summed E-state index contributed by atoms with van der Waals surface area (Å²) >= 11 is 0. The van der Waals surface area contributed by atoms with Gasteiger partial charge in [-0.3, -0.25) is 9.89 Å². The lowest BCUT2D eigenvalue weighted by Gasteiger charge is -2.12. The molecule has 2 heterocycles. The van der Waals surface area contributed by atoms with Crippen LogP contribution in [0, 0.1) is 13.8 Å². The number of aromatic nitrogens is 4. The first kappa shape index (κ1) is 19.5. The number of benzene rings is 1. The van der Waals surface area contributed by atoms with Crippen molar-refractivity contribution in [3.63, 3.8) is 0 Å². The van der Waals surface area contributed by atoms with E-state index in [2.05, 4.69) is 32.2 Å². The molecule has 0 atom stereocenters. The topological polar surface area (TPSA) is 97.5 Å². The SMILES string of the molecule is CCCc1c(C)nc(-n2[nH]c(C)c(N=Nc3ccccc3)c2=O)nc1OCC. The molecule has 0 aliphatic rings. The van der Waals surface area contributed by atoms with Crippen molar-refractivity contribution in [3.05, 3.63) is 57.6 Å². The minimum absolute atomic E-state index is 0.223. The molecule has 0 radical (unpaired) electrons. The zero-order valence-electron chi connectivity index (χ0n) is 16.6. The zero-order chi connectivity index (χ0) is 20.1. The van der Waals surface area contributed by atoms with Crippen LogP contribution in [0.5, 0.6) is 5.88 Å². The Labute approximate surface area is 163 Å². The Kier molecular flexibility index (Phi) is 5.98. The molecule has 3 aromatic rings. The van der Waals surface area contributed by atoms with E-state index < -0.39 is 0 Å². The molecule has 1 aromatic carbocycles. The summed E-state index contributed by atoms with van der Waals surface area (Å²) in [6.07, 6.45) is 1.77. The highest BCUT2D eigenvalue weighted by molar-refractivity contribution is 5.43. The van der Waals surface area contributed by atoms with Crippen LogP contribution in [0.25, 0.3) is 5.95 Å². The van der Waals surface area contributed by atoms with Crippen molar-refractivity contribution in [2.24, 2.45) is 10.2 Å². The van der Waals surface area contributed by atoms with E-state index in [0.29, 0.717) is 23.9 Å². The standard InChI is InChI=1S/C20H24N6O2/c1-5-10-16-13(3)21-20(22-18(16)28-6-2)26-19(27)17(14(4)25-26)24-23-15-11-8-7-9-12-15/h7-9,11-12,25H,5-6,10H2,1-4H3. The highest BCUT2D eigenvalue weighted by Crippen LogP contribution is 2.23. The molecule has 0 aliphatic heterocycles. The fourth-order valence-corrected chi connectivity index (χ4v) is 2.85. The Hall–Kier alpha value is -3.29. The molecular weight excluding hydrogens is 356 g/mol. The van der Waals surface area contributed by atoms with Gasteiger partial charge in [0.2, 0.25) is 5.88 Å². The fourth-order valence-electron chi connectivity index (χ4n) is 2.85. The molecule has 1 N–H and O–H groups in total. The summed E-state index contributed by atoms with van der Waals surface area (Å²) in [5.41, 5.74) is 2.88. The molecule has 28 heavy (non-hydrogen) atoms. The van der Waals surface area contributed by atoms with Crippen LogP contribution in [0.3, 0.4) is 0 Å². The normalized spacial score (nSPS) is 11.3. The number of aryl methyl sites for hydroxylation is 2. The van der Waals surface area contributed by atoms with Crippen molar-refractivity contribution < 1.29 is 4.74 Å². The van der Waals surface area contributed by atoms with Gasteiger partial charge in [0.15, 0.2) is 5.69 Å². The number of H-pyrrole nitrogens is 1. The average Bonchev–Trinajstić information content (AvgIpc) is 2.97. The van der Waals surface area contributed by atoms with Gasteiger partial charge in [0.25, 0.3) is 5.95 Å². The number of hydrogen-bond acceptors (Lipinski definition) is 6. The van der Waals surface area contributed by atoms with Gasteiger partial charge in [-0.25, -0.2) is 4.98 Å². The molecule has 0 unspecified atom stereocenters. The molecule has 8 heteroatoms.